The monoisotopic (exact) mass is 323 g/mol. The summed E-state index contributed by atoms with van der Waals surface area (Å²) in [5, 5.41) is 14.0. The number of likely N-dealkylation sites (N-methyl/N-ethyl adjacent to an activating group) is 1. The van der Waals surface area contributed by atoms with Crippen molar-refractivity contribution in [2.75, 3.05) is 18.4 Å². The molecule has 2 N–H and O–H groups in total. The number of thiazole rings is 1. The summed E-state index contributed by atoms with van der Waals surface area (Å²) in [5.74, 6) is -0.108. The summed E-state index contributed by atoms with van der Waals surface area (Å²) in [6.45, 7) is 5.19. The van der Waals surface area contributed by atoms with Gasteiger partial charge in [0.1, 0.15) is 0 Å². The molecule has 1 aliphatic heterocycles. The summed E-state index contributed by atoms with van der Waals surface area (Å²) in [6.07, 6.45) is 5.82. The number of fused-ring (bicyclic) bond motifs is 1. The molecule has 1 fully saturated rings. The minimum atomic E-state index is -0.807. The van der Waals surface area contributed by atoms with Crippen LogP contribution in [0.25, 0.3) is 0 Å². The first-order chi connectivity index (χ1) is 10.6. The number of nitrogens with zero attached hydrogens (tertiary/aromatic N) is 2. The first-order valence-electron chi connectivity index (χ1n) is 8.31. The van der Waals surface area contributed by atoms with E-state index in [1.54, 1.807) is 11.3 Å². The normalized spacial score (nSPS) is 21.4. The summed E-state index contributed by atoms with van der Waals surface area (Å²) in [5.41, 5.74) is 0.319. The molecule has 1 aromatic rings. The molecule has 22 heavy (non-hydrogen) atoms. The molecular weight excluding hydrogens is 298 g/mol. The van der Waals surface area contributed by atoms with Gasteiger partial charge in [0.15, 0.2) is 5.13 Å². The van der Waals surface area contributed by atoms with Gasteiger partial charge in [-0.2, -0.15) is 0 Å². The van der Waals surface area contributed by atoms with Crippen LogP contribution in [0.4, 0.5) is 5.13 Å². The molecule has 2 aliphatic rings. The molecule has 1 aromatic heterocycles. The number of hydrogen-bond acceptors (Lipinski definition) is 5. The third-order valence-corrected chi connectivity index (χ3v) is 5.78. The van der Waals surface area contributed by atoms with Crippen molar-refractivity contribution in [2.24, 2.45) is 0 Å². The van der Waals surface area contributed by atoms with E-state index < -0.39 is 5.60 Å². The van der Waals surface area contributed by atoms with E-state index in [9.17, 15) is 9.90 Å². The van der Waals surface area contributed by atoms with Crippen molar-refractivity contribution in [2.45, 2.75) is 64.0 Å². The molecule has 1 aliphatic carbocycles. The lowest BCUT2D eigenvalue weighted by Crippen LogP contribution is -2.35. The number of carbonyl (C=O) groups is 1. The quantitative estimate of drug-likeness (QED) is 0.894. The van der Waals surface area contributed by atoms with E-state index in [1.165, 1.54) is 4.88 Å². The number of amides is 1. The highest BCUT2D eigenvalue weighted by Crippen LogP contribution is 2.32. The molecule has 0 spiro atoms. The van der Waals surface area contributed by atoms with Gasteiger partial charge in [-0.05, 0) is 19.4 Å². The van der Waals surface area contributed by atoms with Crippen molar-refractivity contribution in [3.05, 3.63) is 10.6 Å². The van der Waals surface area contributed by atoms with Crippen LogP contribution in [0.3, 0.4) is 0 Å². The number of rotatable bonds is 4. The minimum absolute atomic E-state index is 0.108. The number of aliphatic hydroxyl groups is 1. The van der Waals surface area contributed by atoms with E-state index in [4.69, 9.17) is 0 Å². The van der Waals surface area contributed by atoms with Crippen molar-refractivity contribution < 1.29 is 9.90 Å². The number of nitrogens with one attached hydrogen (secondary N) is 1. The van der Waals surface area contributed by atoms with E-state index in [0.29, 0.717) is 5.13 Å². The van der Waals surface area contributed by atoms with Crippen molar-refractivity contribution in [3.8, 4) is 0 Å². The summed E-state index contributed by atoms with van der Waals surface area (Å²) < 4.78 is 0. The maximum Gasteiger partial charge on any atom is 0.229 e. The highest BCUT2D eigenvalue weighted by molar-refractivity contribution is 7.15. The topological polar surface area (TPSA) is 65.5 Å². The van der Waals surface area contributed by atoms with E-state index in [0.717, 1.165) is 63.9 Å². The van der Waals surface area contributed by atoms with Gasteiger partial charge < -0.3 is 10.4 Å². The zero-order chi connectivity index (χ0) is 15.6. The lowest BCUT2D eigenvalue weighted by molar-refractivity contribution is -0.122. The van der Waals surface area contributed by atoms with Crippen LogP contribution < -0.4 is 5.32 Å². The van der Waals surface area contributed by atoms with Crippen molar-refractivity contribution in [3.63, 3.8) is 0 Å². The highest BCUT2D eigenvalue weighted by Gasteiger charge is 2.32. The molecule has 0 aromatic carbocycles. The summed E-state index contributed by atoms with van der Waals surface area (Å²) >= 11 is 1.58. The van der Waals surface area contributed by atoms with Gasteiger partial charge in [0.25, 0.3) is 0 Å². The largest absolute Gasteiger partial charge is 0.389 e. The average Bonchev–Trinajstić information content (AvgIpc) is 2.88. The summed E-state index contributed by atoms with van der Waals surface area (Å²) in [6, 6.07) is 0. The van der Waals surface area contributed by atoms with Gasteiger partial charge in [-0.15, -0.1) is 11.3 Å². The molecule has 6 heteroatoms. The fourth-order valence-corrected chi connectivity index (χ4v) is 4.49. The molecule has 1 amide bonds. The zero-order valence-electron chi connectivity index (χ0n) is 13.2. The van der Waals surface area contributed by atoms with Crippen LogP contribution in [0.15, 0.2) is 0 Å². The van der Waals surface area contributed by atoms with Gasteiger partial charge in [-0.1, -0.05) is 26.2 Å². The van der Waals surface area contributed by atoms with Crippen LogP contribution in [0.1, 0.15) is 56.0 Å². The Morgan fingerprint density at radius 1 is 1.41 bits per heavy atom. The highest BCUT2D eigenvalue weighted by atomic mass is 32.1. The second kappa shape index (κ2) is 6.64. The Morgan fingerprint density at radius 3 is 2.91 bits per heavy atom. The fraction of sp³-hybridized carbons (Fsp3) is 0.750. The van der Waals surface area contributed by atoms with Crippen molar-refractivity contribution in [1.29, 1.82) is 0 Å². The van der Waals surface area contributed by atoms with Gasteiger partial charge >= 0.3 is 0 Å². The van der Waals surface area contributed by atoms with Gasteiger partial charge in [0.2, 0.25) is 5.91 Å². The first kappa shape index (κ1) is 15.9. The lowest BCUT2D eigenvalue weighted by atomic mass is 9.82. The average molecular weight is 323 g/mol. The Morgan fingerprint density at radius 2 is 2.18 bits per heavy atom. The number of carbonyl (C=O) groups excluding carboxylic acids is 1. The van der Waals surface area contributed by atoms with E-state index in [1.807, 2.05) is 0 Å². The Balaban J connectivity index is 1.59. The van der Waals surface area contributed by atoms with Crippen LogP contribution in [0, 0.1) is 0 Å². The van der Waals surface area contributed by atoms with Crippen molar-refractivity contribution in [1.82, 2.24) is 9.88 Å². The Hall–Kier alpha value is -0.980. The minimum Gasteiger partial charge on any atom is -0.389 e. The molecule has 5 nitrogen and oxygen atoms in total. The Bertz CT molecular complexity index is 537. The predicted molar refractivity (Wildman–Crippen MR) is 88.1 cm³/mol. The van der Waals surface area contributed by atoms with Crippen LogP contribution >= 0.6 is 11.3 Å². The lowest BCUT2D eigenvalue weighted by Gasteiger charge is -2.31. The summed E-state index contributed by atoms with van der Waals surface area (Å²) in [7, 11) is 0. The van der Waals surface area contributed by atoms with Crippen LogP contribution in [0.2, 0.25) is 0 Å². The molecule has 1 saturated carbocycles. The maximum absolute atomic E-state index is 12.2. The Kier molecular flexibility index (Phi) is 4.80. The molecule has 3 rings (SSSR count). The third-order valence-electron chi connectivity index (χ3n) is 4.78. The smallest absolute Gasteiger partial charge is 0.229 e. The van der Waals surface area contributed by atoms with E-state index >= 15 is 0 Å². The standard InChI is InChI=1S/C16H25N3O2S/c1-2-19-9-6-12-13(11-19)22-15(17-12)18-14(20)10-16(21)7-4-3-5-8-16/h21H,2-11H2,1H3,(H,17,18,20). The second-order valence-electron chi connectivity index (χ2n) is 6.52. The molecule has 2 heterocycles. The van der Waals surface area contributed by atoms with Crippen molar-refractivity contribution >= 4 is 22.4 Å². The molecule has 0 saturated heterocycles. The Labute approximate surface area is 135 Å². The zero-order valence-corrected chi connectivity index (χ0v) is 14.0. The fourth-order valence-electron chi connectivity index (χ4n) is 3.42. The molecule has 0 atom stereocenters. The number of hydrogen-bond donors (Lipinski definition) is 2. The second-order valence-corrected chi connectivity index (χ2v) is 7.60. The molecule has 122 valence electrons. The van der Waals surface area contributed by atoms with Crippen LogP contribution in [0.5, 0.6) is 0 Å². The van der Waals surface area contributed by atoms with Gasteiger partial charge in [-0.25, -0.2) is 4.98 Å². The van der Waals surface area contributed by atoms with Gasteiger partial charge in [0.05, 0.1) is 17.7 Å². The third kappa shape index (κ3) is 3.67. The molecule has 0 radical (unpaired) electrons. The first-order valence-corrected chi connectivity index (χ1v) is 9.13. The SMILES string of the molecule is CCN1CCc2nc(NC(=O)CC3(O)CCCCC3)sc2C1. The number of anilines is 1. The van der Waals surface area contributed by atoms with Gasteiger partial charge in [-0.3, -0.25) is 9.69 Å². The maximum atomic E-state index is 12.2. The molecule has 0 bridgehead atoms. The van der Waals surface area contributed by atoms with Crippen LogP contribution in [-0.2, 0) is 17.8 Å². The summed E-state index contributed by atoms with van der Waals surface area (Å²) in [4.78, 5) is 20.4. The van der Waals surface area contributed by atoms with E-state index in [2.05, 4.69) is 22.1 Å². The molecular formula is C16H25N3O2S. The molecule has 0 unspecified atom stereocenters. The van der Waals surface area contributed by atoms with Crippen LogP contribution in [-0.4, -0.2) is 39.6 Å². The van der Waals surface area contributed by atoms with Gasteiger partial charge in [0, 0.05) is 24.4 Å². The predicted octanol–water partition coefficient (Wildman–Crippen LogP) is 2.54. The van der Waals surface area contributed by atoms with E-state index in [-0.39, 0.29) is 12.3 Å². The number of aromatic nitrogens is 1.